The molecule has 0 amide bonds. The highest BCUT2D eigenvalue weighted by atomic mass is 35.5. The molecule has 1 aliphatic rings. The molecule has 1 N–H and O–H groups in total. The van der Waals surface area contributed by atoms with E-state index in [1.807, 2.05) is 67.6 Å². The Bertz CT molecular complexity index is 1100. The first kappa shape index (κ1) is 20.2. The third kappa shape index (κ3) is 4.09. The molecule has 0 radical (unpaired) electrons. The van der Waals surface area contributed by atoms with Crippen LogP contribution in [0.1, 0.15) is 42.1 Å². The van der Waals surface area contributed by atoms with Crippen molar-refractivity contribution in [2.24, 2.45) is 0 Å². The number of esters is 1. The molecule has 1 aromatic heterocycles. The van der Waals surface area contributed by atoms with Crippen molar-refractivity contribution < 1.29 is 9.53 Å². The number of carbonyl (C=O) groups excluding carboxylic acids is 1. The van der Waals surface area contributed by atoms with Crippen molar-refractivity contribution in [3.63, 3.8) is 0 Å². The molecule has 0 spiro atoms. The molecule has 154 valence electrons. The number of hydrogen-bond acceptors (Lipinski definition) is 5. The number of nitrogens with zero attached hydrogens (tertiary/aromatic N) is 2. The molecule has 3 aromatic rings. The minimum absolute atomic E-state index is 0.0739. The third-order valence-electron chi connectivity index (χ3n) is 5.26. The lowest BCUT2D eigenvalue weighted by Gasteiger charge is -2.16. The zero-order valence-electron chi connectivity index (χ0n) is 16.5. The first-order valence-corrected chi connectivity index (χ1v) is 10.2. The van der Waals surface area contributed by atoms with Crippen LogP contribution in [-0.2, 0) is 22.7 Å². The maximum Gasteiger partial charge on any atom is 0.329 e. The second kappa shape index (κ2) is 8.71. The van der Waals surface area contributed by atoms with Gasteiger partial charge in [0, 0.05) is 12.5 Å². The van der Waals surface area contributed by atoms with E-state index in [1.165, 1.54) is 4.57 Å². The molecule has 0 fully saturated rings. The molecule has 2 aromatic carbocycles. The SMILES string of the molecule is C[C@H]1C[C@@H](C(=O)OCc2ccccc2)n2c1c(Cl)nc(NCc1ccccc1)c2=O. The van der Waals surface area contributed by atoms with E-state index >= 15 is 0 Å². The van der Waals surface area contributed by atoms with Gasteiger partial charge in [0.05, 0.1) is 5.69 Å². The fraction of sp³-hybridized carbons (Fsp3) is 0.261. The van der Waals surface area contributed by atoms with Crippen molar-refractivity contribution in [1.82, 2.24) is 9.55 Å². The first-order valence-electron chi connectivity index (χ1n) is 9.85. The van der Waals surface area contributed by atoms with E-state index in [2.05, 4.69) is 10.3 Å². The number of rotatable bonds is 6. The van der Waals surface area contributed by atoms with E-state index in [-0.39, 0.29) is 29.1 Å². The predicted octanol–water partition coefficient (Wildman–Crippen LogP) is 4.30. The lowest BCUT2D eigenvalue weighted by molar-refractivity contribution is -0.149. The van der Waals surface area contributed by atoms with Crippen LogP contribution in [0.5, 0.6) is 0 Å². The van der Waals surface area contributed by atoms with E-state index < -0.39 is 12.0 Å². The van der Waals surface area contributed by atoms with Crippen LogP contribution >= 0.6 is 11.6 Å². The van der Waals surface area contributed by atoms with E-state index in [0.29, 0.717) is 18.7 Å². The van der Waals surface area contributed by atoms with Crippen molar-refractivity contribution >= 4 is 23.4 Å². The van der Waals surface area contributed by atoms with Gasteiger partial charge in [-0.15, -0.1) is 0 Å². The minimum atomic E-state index is -0.719. The monoisotopic (exact) mass is 423 g/mol. The normalized spacial score (nSPS) is 17.4. The summed E-state index contributed by atoms with van der Waals surface area (Å²) >= 11 is 6.40. The fourth-order valence-corrected chi connectivity index (χ4v) is 4.11. The molecule has 1 aliphatic heterocycles. The molecule has 2 heterocycles. The summed E-state index contributed by atoms with van der Waals surface area (Å²) in [5, 5.41) is 3.28. The molecule has 0 aliphatic carbocycles. The molecule has 0 saturated carbocycles. The fourth-order valence-electron chi connectivity index (χ4n) is 3.75. The van der Waals surface area contributed by atoms with Crippen molar-refractivity contribution in [2.45, 2.75) is 38.5 Å². The summed E-state index contributed by atoms with van der Waals surface area (Å²) in [6.07, 6.45) is 0.451. The van der Waals surface area contributed by atoms with E-state index in [1.54, 1.807) is 0 Å². The van der Waals surface area contributed by atoms with Crippen LogP contribution in [0.2, 0.25) is 5.15 Å². The number of anilines is 1. The standard InChI is InChI=1S/C23H22ClN3O3/c1-15-12-18(23(29)30-14-17-10-6-3-7-11-17)27-19(15)20(24)26-21(22(27)28)25-13-16-8-4-2-5-9-16/h2-11,15,18H,12-14H2,1H3,(H,25,26)/t15-,18-/m0/s1. The molecular weight excluding hydrogens is 402 g/mol. The predicted molar refractivity (Wildman–Crippen MR) is 116 cm³/mol. The highest BCUT2D eigenvalue weighted by Gasteiger charge is 2.38. The highest BCUT2D eigenvalue weighted by Crippen LogP contribution is 2.38. The second-order valence-corrected chi connectivity index (χ2v) is 7.75. The third-order valence-corrected chi connectivity index (χ3v) is 5.53. The average Bonchev–Trinajstić information content (AvgIpc) is 3.13. The van der Waals surface area contributed by atoms with E-state index in [0.717, 1.165) is 11.1 Å². The molecule has 6 nitrogen and oxygen atoms in total. The van der Waals surface area contributed by atoms with Crippen molar-refractivity contribution in [2.75, 3.05) is 5.32 Å². The summed E-state index contributed by atoms with van der Waals surface area (Å²) in [5.74, 6) is -0.388. The molecule has 0 unspecified atom stereocenters. The van der Waals surface area contributed by atoms with Gasteiger partial charge in [0.25, 0.3) is 5.56 Å². The topological polar surface area (TPSA) is 73.2 Å². The quantitative estimate of drug-likeness (QED) is 0.598. The van der Waals surface area contributed by atoms with Crippen LogP contribution in [0.4, 0.5) is 5.82 Å². The van der Waals surface area contributed by atoms with Gasteiger partial charge in [-0.05, 0) is 17.5 Å². The Morgan fingerprint density at radius 2 is 1.77 bits per heavy atom. The Balaban J connectivity index is 1.57. The number of benzene rings is 2. The summed E-state index contributed by atoms with van der Waals surface area (Å²) in [6.45, 7) is 2.52. The largest absolute Gasteiger partial charge is 0.459 e. The van der Waals surface area contributed by atoms with Gasteiger partial charge < -0.3 is 10.1 Å². The zero-order chi connectivity index (χ0) is 21.1. The second-order valence-electron chi connectivity index (χ2n) is 7.40. The number of nitrogens with one attached hydrogen (secondary N) is 1. The zero-order valence-corrected chi connectivity index (χ0v) is 17.3. The number of hydrogen-bond donors (Lipinski definition) is 1. The summed E-state index contributed by atoms with van der Waals surface area (Å²) in [6, 6.07) is 18.4. The van der Waals surface area contributed by atoms with E-state index in [9.17, 15) is 9.59 Å². The Labute approximate surface area is 179 Å². The van der Waals surface area contributed by atoms with Crippen LogP contribution in [0, 0.1) is 0 Å². The maximum atomic E-state index is 13.1. The summed E-state index contributed by atoms with van der Waals surface area (Å²) in [7, 11) is 0. The maximum absolute atomic E-state index is 13.1. The van der Waals surface area contributed by atoms with Crippen LogP contribution < -0.4 is 10.9 Å². The number of halogens is 1. The number of aromatic nitrogens is 2. The molecule has 0 saturated heterocycles. The smallest absolute Gasteiger partial charge is 0.329 e. The van der Waals surface area contributed by atoms with Crippen LogP contribution in [0.15, 0.2) is 65.5 Å². The van der Waals surface area contributed by atoms with E-state index in [4.69, 9.17) is 16.3 Å². The van der Waals surface area contributed by atoms with Gasteiger partial charge in [0.15, 0.2) is 11.0 Å². The van der Waals surface area contributed by atoms with Crippen LogP contribution in [0.3, 0.4) is 0 Å². The molecular formula is C23H22ClN3O3. The summed E-state index contributed by atoms with van der Waals surface area (Å²) in [5.41, 5.74) is 2.11. The molecule has 4 rings (SSSR count). The number of ether oxygens (including phenoxy) is 1. The first-order chi connectivity index (χ1) is 14.5. The highest BCUT2D eigenvalue weighted by molar-refractivity contribution is 6.30. The Kier molecular flexibility index (Phi) is 5.86. The lowest BCUT2D eigenvalue weighted by Crippen LogP contribution is -2.31. The molecule has 30 heavy (non-hydrogen) atoms. The van der Waals surface area contributed by atoms with Gasteiger partial charge in [-0.3, -0.25) is 9.36 Å². The Morgan fingerprint density at radius 3 is 2.43 bits per heavy atom. The molecule has 2 atom stereocenters. The Hall–Kier alpha value is -3.12. The Morgan fingerprint density at radius 1 is 1.13 bits per heavy atom. The van der Waals surface area contributed by atoms with Gasteiger partial charge in [0.2, 0.25) is 0 Å². The van der Waals surface area contributed by atoms with Gasteiger partial charge >= 0.3 is 5.97 Å². The van der Waals surface area contributed by atoms with Gasteiger partial charge in [-0.2, -0.15) is 0 Å². The van der Waals surface area contributed by atoms with Crippen molar-refractivity contribution in [3.05, 3.63) is 93.0 Å². The van der Waals surface area contributed by atoms with Gasteiger partial charge in [0.1, 0.15) is 12.6 Å². The van der Waals surface area contributed by atoms with Crippen molar-refractivity contribution in [1.29, 1.82) is 0 Å². The number of fused-ring (bicyclic) bond motifs is 1. The summed E-state index contributed by atoms with van der Waals surface area (Å²) in [4.78, 5) is 30.2. The molecule has 7 heteroatoms. The minimum Gasteiger partial charge on any atom is -0.459 e. The van der Waals surface area contributed by atoms with Crippen LogP contribution in [-0.4, -0.2) is 15.5 Å². The number of carbonyl (C=O) groups is 1. The average molecular weight is 424 g/mol. The van der Waals surface area contributed by atoms with Crippen LogP contribution in [0.25, 0.3) is 0 Å². The lowest BCUT2D eigenvalue weighted by atomic mass is 10.1. The molecule has 0 bridgehead atoms. The summed E-state index contributed by atoms with van der Waals surface area (Å²) < 4.78 is 6.94. The van der Waals surface area contributed by atoms with Crippen molar-refractivity contribution in [3.8, 4) is 0 Å². The van der Waals surface area contributed by atoms with Gasteiger partial charge in [-0.1, -0.05) is 79.2 Å². The van der Waals surface area contributed by atoms with Gasteiger partial charge in [-0.25, -0.2) is 9.78 Å².